The second-order valence-corrected chi connectivity index (χ2v) is 5.88. The summed E-state index contributed by atoms with van der Waals surface area (Å²) in [6.07, 6.45) is 2.70. The Balaban J connectivity index is 1.71. The molecule has 0 spiro atoms. The largest absolute Gasteiger partial charge is 0.366 e. The zero-order valence-corrected chi connectivity index (χ0v) is 14.5. The van der Waals surface area contributed by atoms with Gasteiger partial charge >= 0.3 is 0 Å². The number of hydrogen-bond donors (Lipinski definition) is 1. The molecule has 1 N–H and O–H groups in total. The van der Waals surface area contributed by atoms with Crippen LogP contribution in [0.5, 0.6) is 0 Å². The van der Waals surface area contributed by atoms with Crippen LogP contribution in [0.2, 0.25) is 0 Å². The van der Waals surface area contributed by atoms with Crippen LogP contribution < -0.4 is 5.32 Å². The Kier molecular flexibility index (Phi) is 4.55. The molecule has 0 radical (unpaired) electrons. The van der Waals surface area contributed by atoms with Crippen molar-refractivity contribution in [1.82, 2.24) is 24.7 Å². The summed E-state index contributed by atoms with van der Waals surface area (Å²) in [5.41, 5.74) is 4.14. The van der Waals surface area contributed by atoms with Gasteiger partial charge in [-0.25, -0.2) is 19.6 Å². The Morgan fingerprint density at radius 2 is 1.88 bits per heavy atom. The molecule has 0 saturated carbocycles. The minimum atomic E-state index is 0.671. The molecular weight excluding hydrogens is 300 g/mol. The predicted molar refractivity (Wildman–Crippen MR) is 94.3 cm³/mol. The van der Waals surface area contributed by atoms with Crippen LogP contribution in [0.25, 0.3) is 5.82 Å². The van der Waals surface area contributed by atoms with E-state index < -0.39 is 0 Å². The Morgan fingerprint density at radius 3 is 2.50 bits per heavy atom. The van der Waals surface area contributed by atoms with Crippen molar-refractivity contribution in [3.63, 3.8) is 0 Å². The number of hydrogen-bond acceptors (Lipinski definition) is 5. The first-order valence-electron chi connectivity index (χ1n) is 8.12. The number of pyridine rings is 1. The summed E-state index contributed by atoms with van der Waals surface area (Å²) >= 11 is 0. The molecule has 0 aliphatic heterocycles. The summed E-state index contributed by atoms with van der Waals surface area (Å²) in [4.78, 5) is 13.4. The van der Waals surface area contributed by atoms with Gasteiger partial charge in [0.15, 0.2) is 5.82 Å². The van der Waals surface area contributed by atoms with Gasteiger partial charge in [0, 0.05) is 36.6 Å². The number of nitrogens with one attached hydrogen (secondary N) is 1. The average molecular weight is 322 g/mol. The van der Waals surface area contributed by atoms with E-state index in [-0.39, 0.29) is 0 Å². The molecule has 124 valence electrons. The van der Waals surface area contributed by atoms with Crippen molar-refractivity contribution < 1.29 is 0 Å². The molecule has 0 saturated heterocycles. The molecule has 0 aliphatic carbocycles. The van der Waals surface area contributed by atoms with Crippen LogP contribution in [0.3, 0.4) is 0 Å². The average Bonchev–Trinajstić information content (AvgIpc) is 2.91. The second kappa shape index (κ2) is 6.78. The highest BCUT2D eigenvalue weighted by molar-refractivity contribution is 5.37. The fourth-order valence-corrected chi connectivity index (χ4v) is 2.58. The van der Waals surface area contributed by atoms with Crippen molar-refractivity contribution >= 4 is 5.82 Å². The van der Waals surface area contributed by atoms with Crippen LogP contribution in [0, 0.1) is 20.8 Å². The molecule has 3 aromatic heterocycles. The molecular formula is C18H22N6. The Hall–Kier alpha value is -2.76. The molecule has 0 aromatic carbocycles. The van der Waals surface area contributed by atoms with Crippen LogP contribution in [-0.4, -0.2) is 24.7 Å². The first-order valence-corrected chi connectivity index (χ1v) is 8.12. The minimum absolute atomic E-state index is 0.671. The van der Waals surface area contributed by atoms with E-state index in [2.05, 4.69) is 38.4 Å². The third kappa shape index (κ3) is 3.59. The van der Waals surface area contributed by atoms with E-state index in [0.717, 1.165) is 46.5 Å². The first-order chi connectivity index (χ1) is 11.5. The van der Waals surface area contributed by atoms with Crippen molar-refractivity contribution in [3.8, 4) is 5.82 Å². The zero-order chi connectivity index (χ0) is 17.1. The molecule has 6 nitrogen and oxygen atoms in total. The summed E-state index contributed by atoms with van der Waals surface area (Å²) in [6.45, 7) is 8.72. The minimum Gasteiger partial charge on any atom is -0.366 e. The Labute approximate surface area is 142 Å². The highest BCUT2D eigenvalue weighted by Crippen LogP contribution is 2.12. The van der Waals surface area contributed by atoms with Crippen LogP contribution in [0.15, 0.2) is 30.5 Å². The van der Waals surface area contributed by atoms with E-state index in [4.69, 9.17) is 0 Å². The summed E-state index contributed by atoms with van der Waals surface area (Å²) in [5, 5.41) is 7.79. The van der Waals surface area contributed by atoms with E-state index >= 15 is 0 Å². The smallest absolute Gasteiger partial charge is 0.153 e. The standard InChI is InChI=1S/C18H22N6/c1-5-16-21-12(2)9-17(22-16)19-10-15-6-7-18(20-11-15)24-14(4)8-13(3)23-24/h6-9,11H,5,10H2,1-4H3,(H,19,21,22). The Morgan fingerprint density at radius 1 is 1.04 bits per heavy atom. The van der Waals surface area contributed by atoms with Crippen LogP contribution in [-0.2, 0) is 13.0 Å². The van der Waals surface area contributed by atoms with Crippen LogP contribution in [0.1, 0.15) is 35.4 Å². The van der Waals surface area contributed by atoms with Gasteiger partial charge < -0.3 is 5.32 Å². The zero-order valence-electron chi connectivity index (χ0n) is 14.5. The summed E-state index contributed by atoms with van der Waals surface area (Å²) < 4.78 is 1.86. The monoisotopic (exact) mass is 322 g/mol. The van der Waals surface area contributed by atoms with Crippen LogP contribution >= 0.6 is 0 Å². The molecule has 6 heteroatoms. The van der Waals surface area contributed by atoms with Crippen molar-refractivity contribution in [3.05, 3.63) is 58.9 Å². The normalized spacial score (nSPS) is 10.8. The lowest BCUT2D eigenvalue weighted by molar-refractivity contribution is 0.804. The second-order valence-electron chi connectivity index (χ2n) is 5.88. The van der Waals surface area contributed by atoms with Gasteiger partial charge in [-0.2, -0.15) is 5.10 Å². The van der Waals surface area contributed by atoms with Crippen molar-refractivity contribution in [2.75, 3.05) is 5.32 Å². The van der Waals surface area contributed by atoms with E-state index in [1.807, 2.05) is 49.8 Å². The number of aryl methyl sites for hydroxylation is 4. The number of rotatable bonds is 5. The molecule has 3 aromatic rings. The van der Waals surface area contributed by atoms with Gasteiger partial charge in [-0.3, -0.25) is 0 Å². The maximum absolute atomic E-state index is 4.51. The third-order valence-electron chi connectivity index (χ3n) is 3.73. The topological polar surface area (TPSA) is 68.5 Å². The van der Waals surface area contributed by atoms with Gasteiger partial charge in [0.25, 0.3) is 0 Å². The molecule has 24 heavy (non-hydrogen) atoms. The number of anilines is 1. The van der Waals surface area contributed by atoms with Crippen molar-refractivity contribution in [2.24, 2.45) is 0 Å². The number of aromatic nitrogens is 5. The van der Waals surface area contributed by atoms with E-state index in [1.165, 1.54) is 0 Å². The molecule has 0 atom stereocenters. The van der Waals surface area contributed by atoms with E-state index in [0.29, 0.717) is 6.54 Å². The lowest BCUT2D eigenvalue weighted by Crippen LogP contribution is -2.06. The van der Waals surface area contributed by atoms with Gasteiger partial charge in [0.05, 0.1) is 5.69 Å². The Bertz CT molecular complexity index is 835. The van der Waals surface area contributed by atoms with Crippen molar-refractivity contribution in [1.29, 1.82) is 0 Å². The fraction of sp³-hybridized carbons (Fsp3) is 0.333. The SMILES string of the molecule is CCc1nc(C)cc(NCc2ccc(-n3nc(C)cc3C)nc2)n1. The maximum atomic E-state index is 4.51. The number of nitrogens with zero attached hydrogens (tertiary/aromatic N) is 5. The molecule has 3 heterocycles. The predicted octanol–water partition coefficient (Wildman–Crippen LogP) is 3.16. The van der Waals surface area contributed by atoms with Gasteiger partial charge in [0.1, 0.15) is 11.6 Å². The molecule has 0 fully saturated rings. The summed E-state index contributed by atoms with van der Waals surface area (Å²) in [6, 6.07) is 8.04. The molecule has 0 unspecified atom stereocenters. The maximum Gasteiger partial charge on any atom is 0.153 e. The lowest BCUT2D eigenvalue weighted by Gasteiger charge is -2.09. The van der Waals surface area contributed by atoms with Gasteiger partial charge in [-0.05, 0) is 38.5 Å². The van der Waals surface area contributed by atoms with Gasteiger partial charge in [-0.1, -0.05) is 13.0 Å². The fourth-order valence-electron chi connectivity index (χ4n) is 2.58. The molecule has 0 bridgehead atoms. The van der Waals surface area contributed by atoms with Crippen molar-refractivity contribution in [2.45, 2.75) is 40.7 Å². The van der Waals surface area contributed by atoms with Gasteiger partial charge in [0.2, 0.25) is 0 Å². The molecule has 0 amide bonds. The molecule has 3 rings (SSSR count). The highest BCUT2D eigenvalue weighted by Gasteiger charge is 2.05. The summed E-state index contributed by atoms with van der Waals surface area (Å²) in [5.74, 6) is 2.54. The quantitative estimate of drug-likeness (QED) is 0.781. The lowest BCUT2D eigenvalue weighted by atomic mass is 10.2. The van der Waals surface area contributed by atoms with E-state index in [9.17, 15) is 0 Å². The molecule has 0 aliphatic rings. The highest BCUT2D eigenvalue weighted by atomic mass is 15.3. The third-order valence-corrected chi connectivity index (χ3v) is 3.73. The van der Waals surface area contributed by atoms with Crippen LogP contribution in [0.4, 0.5) is 5.82 Å². The van der Waals surface area contributed by atoms with Gasteiger partial charge in [-0.15, -0.1) is 0 Å². The summed E-state index contributed by atoms with van der Waals surface area (Å²) in [7, 11) is 0. The van der Waals surface area contributed by atoms with E-state index in [1.54, 1.807) is 0 Å². The first kappa shape index (κ1) is 16.1.